The third-order valence-electron chi connectivity index (χ3n) is 5.45. The largest absolute Gasteiger partial charge is 0.508 e. The van der Waals surface area contributed by atoms with Gasteiger partial charge in [0.15, 0.2) is 0 Å². The van der Waals surface area contributed by atoms with E-state index >= 15 is 0 Å². The van der Waals surface area contributed by atoms with E-state index in [-0.39, 0.29) is 0 Å². The fourth-order valence-corrected chi connectivity index (χ4v) is 3.74. The van der Waals surface area contributed by atoms with Crippen molar-refractivity contribution in [2.45, 2.75) is 12.8 Å². The van der Waals surface area contributed by atoms with Crippen LogP contribution in [-0.4, -0.2) is 19.9 Å². The van der Waals surface area contributed by atoms with Crippen molar-refractivity contribution in [1.82, 2.24) is 14.8 Å². The first-order valence-corrected chi connectivity index (χ1v) is 10.5. The van der Waals surface area contributed by atoms with Crippen molar-refractivity contribution >= 4 is 10.8 Å². The van der Waals surface area contributed by atoms with E-state index in [1.807, 2.05) is 53.1 Å². The van der Waals surface area contributed by atoms with Gasteiger partial charge >= 0.3 is 0 Å². The zero-order valence-electron chi connectivity index (χ0n) is 17.4. The number of aromatic hydroxyl groups is 1. The smallest absolute Gasteiger partial charge is 0.123 e. The minimum atomic E-state index is 0.309. The van der Waals surface area contributed by atoms with Crippen LogP contribution in [-0.2, 0) is 12.8 Å². The highest BCUT2D eigenvalue weighted by molar-refractivity contribution is 5.86. The van der Waals surface area contributed by atoms with Gasteiger partial charge in [-0.15, -0.1) is 10.2 Å². The first kappa shape index (κ1) is 19.6. The number of aromatic nitrogens is 3. The van der Waals surface area contributed by atoms with Crippen LogP contribution in [0, 0.1) is 11.8 Å². The van der Waals surface area contributed by atoms with Crippen molar-refractivity contribution in [2.75, 3.05) is 0 Å². The molecule has 5 rings (SSSR count). The Morgan fingerprint density at radius 1 is 0.750 bits per heavy atom. The molecule has 0 saturated carbocycles. The minimum Gasteiger partial charge on any atom is -0.508 e. The summed E-state index contributed by atoms with van der Waals surface area (Å²) < 4.78 is 1.86. The second-order valence-electron chi connectivity index (χ2n) is 7.72. The van der Waals surface area contributed by atoms with Crippen molar-refractivity contribution in [3.05, 3.63) is 120 Å². The van der Waals surface area contributed by atoms with Crippen LogP contribution in [0.5, 0.6) is 5.75 Å². The van der Waals surface area contributed by atoms with Gasteiger partial charge in [-0.3, -0.25) is 4.57 Å². The van der Waals surface area contributed by atoms with Gasteiger partial charge in [-0.25, -0.2) is 0 Å². The molecule has 0 amide bonds. The van der Waals surface area contributed by atoms with Gasteiger partial charge in [0.25, 0.3) is 0 Å². The predicted molar refractivity (Wildman–Crippen MR) is 127 cm³/mol. The number of nitrogens with zero attached hydrogens (tertiary/aromatic N) is 3. The van der Waals surface area contributed by atoms with Gasteiger partial charge in [0.05, 0.1) is 0 Å². The Morgan fingerprint density at radius 3 is 2.31 bits per heavy atom. The number of phenols is 1. The molecule has 0 atom stereocenters. The Balaban J connectivity index is 1.37. The molecule has 4 heteroatoms. The summed E-state index contributed by atoms with van der Waals surface area (Å²) in [4.78, 5) is 0. The normalized spacial score (nSPS) is 10.6. The maximum absolute atomic E-state index is 10.6. The summed E-state index contributed by atoms with van der Waals surface area (Å²) in [6, 6.07) is 28.4. The molecule has 1 aromatic heterocycles. The number of rotatable bonds is 4. The number of fused-ring (bicyclic) bond motifs is 1. The van der Waals surface area contributed by atoms with Gasteiger partial charge in [0.2, 0.25) is 0 Å². The van der Waals surface area contributed by atoms with E-state index in [2.05, 4.69) is 58.4 Å². The quantitative estimate of drug-likeness (QED) is 0.405. The van der Waals surface area contributed by atoms with E-state index in [1.165, 1.54) is 5.56 Å². The van der Waals surface area contributed by atoms with Gasteiger partial charge in [-0.1, -0.05) is 60.4 Å². The molecule has 0 aliphatic heterocycles. The lowest BCUT2D eigenvalue weighted by Gasteiger charge is -2.09. The second-order valence-corrected chi connectivity index (χ2v) is 7.72. The van der Waals surface area contributed by atoms with Crippen LogP contribution in [0.15, 0.2) is 97.6 Å². The summed E-state index contributed by atoms with van der Waals surface area (Å²) in [5.74, 6) is 6.83. The highest BCUT2D eigenvalue weighted by Gasteiger charge is 2.07. The van der Waals surface area contributed by atoms with E-state index in [9.17, 15) is 5.11 Å². The Kier molecular flexibility index (Phi) is 5.38. The summed E-state index contributed by atoms with van der Waals surface area (Å²) in [6.45, 7) is 0. The lowest BCUT2D eigenvalue weighted by molar-refractivity contribution is 0.470. The number of benzene rings is 4. The standard InChI is InChI=1S/C28H21N3O/c32-28-18-24-12-9-22(8-4-7-21-5-2-1-3-6-21)15-25(24)17-26(28)16-23-10-13-27(14-11-23)31-19-29-30-20-31/h1-3,5-6,9-15,17-20,32H,7,16H2. The summed E-state index contributed by atoms with van der Waals surface area (Å²) >= 11 is 0. The molecular weight excluding hydrogens is 394 g/mol. The molecule has 0 radical (unpaired) electrons. The summed E-state index contributed by atoms with van der Waals surface area (Å²) in [5.41, 5.74) is 5.20. The third-order valence-corrected chi connectivity index (χ3v) is 5.45. The Hall–Kier alpha value is -4.36. The van der Waals surface area contributed by atoms with Crippen LogP contribution < -0.4 is 0 Å². The molecule has 0 spiro atoms. The molecule has 32 heavy (non-hydrogen) atoms. The van der Waals surface area contributed by atoms with Crippen molar-refractivity contribution in [3.8, 4) is 23.3 Å². The molecule has 1 heterocycles. The SMILES string of the molecule is Oc1cc2ccc(C#CCc3ccccc3)cc2cc1Cc1ccc(-n2cnnc2)cc1. The van der Waals surface area contributed by atoms with Crippen LogP contribution >= 0.6 is 0 Å². The van der Waals surface area contributed by atoms with Crippen molar-refractivity contribution in [1.29, 1.82) is 0 Å². The molecule has 154 valence electrons. The molecule has 4 aromatic carbocycles. The average molecular weight is 415 g/mol. The van der Waals surface area contributed by atoms with E-state index in [0.29, 0.717) is 12.2 Å². The zero-order chi connectivity index (χ0) is 21.8. The van der Waals surface area contributed by atoms with E-state index in [4.69, 9.17) is 0 Å². The highest BCUT2D eigenvalue weighted by Crippen LogP contribution is 2.28. The van der Waals surface area contributed by atoms with Crippen LogP contribution in [0.2, 0.25) is 0 Å². The van der Waals surface area contributed by atoms with Crippen LogP contribution in [0.3, 0.4) is 0 Å². The Labute approximate surface area is 186 Å². The molecule has 0 fully saturated rings. The Morgan fingerprint density at radius 2 is 1.53 bits per heavy atom. The predicted octanol–water partition coefficient (Wildman–Crippen LogP) is 5.31. The fourth-order valence-electron chi connectivity index (χ4n) is 3.74. The molecular formula is C28H21N3O. The highest BCUT2D eigenvalue weighted by atomic mass is 16.3. The lowest BCUT2D eigenvalue weighted by atomic mass is 9.98. The maximum atomic E-state index is 10.6. The fraction of sp³-hybridized carbons (Fsp3) is 0.0714. The van der Waals surface area contributed by atoms with Crippen molar-refractivity contribution < 1.29 is 5.11 Å². The average Bonchev–Trinajstić information content (AvgIpc) is 3.36. The van der Waals surface area contributed by atoms with Gasteiger partial charge in [0, 0.05) is 24.1 Å². The first-order valence-electron chi connectivity index (χ1n) is 10.5. The van der Waals surface area contributed by atoms with Gasteiger partial charge in [-0.05, 0) is 63.9 Å². The maximum Gasteiger partial charge on any atom is 0.123 e. The number of phenolic OH excluding ortho intramolecular Hbond substituents is 1. The topological polar surface area (TPSA) is 50.9 Å². The second kappa shape index (κ2) is 8.79. The summed E-state index contributed by atoms with van der Waals surface area (Å²) in [5, 5.41) is 20.3. The third kappa shape index (κ3) is 4.38. The number of hydrogen-bond acceptors (Lipinski definition) is 3. The number of hydrogen-bond donors (Lipinski definition) is 1. The van der Waals surface area contributed by atoms with Crippen molar-refractivity contribution in [2.24, 2.45) is 0 Å². The monoisotopic (exact) mass is 415 g/mol. The van der Waals surface area contributed by atoms with E-state index < -0.39 is 0 Å². The molecule has 0 unspecified atom stereocenters. The van der Waals surface area contributed by atoms with Crippen LogP contribution in [0.1, 0.15) is 22.3 Å². The molecule has 4 nitrogen and oxygen atoms in total. The van der Waals surface area contributed by atoms with E-state index in [0.717, 1.165) is 39.6 Å². The van der Waals surface area contributed by atoms with Gasteiger partial charge < -0.3 is 5.11 Å². The molecule has 0 aliphatic carbocycles. The molecule has 0 saturated heterocycles. The van der Waals surface area contributed by atoms with Gasteiger partial charge in [0.1, 0.15) is 18.4 Å². The first-order chi connectivity index (χ1) is 15.7. The molecule has 5 aromatic rings. The van der Waals surface area contributed by atoms with Gasteiger partial charge in [-0.2, -0.15) is 0 Å². The van der Waals surface area contributed by atoms with Crippen LogP contribution in [0.25, 0.3) is 16.5 Å². The van der Waals surface area contributed by atoms with E-state index in [1.54, 1.807) is 12.7 Å². The van der Waals surface area contributed by atoms with Crippen molar-refractivity contribution in [3.63, 3.8) is 0 Å². The summed E-state index contributed by atoms with van der Waals surface area (Å²) in [6.07, 6.45) is 4.72. The zero-order valence-corrected chi connectivity index (χ0v) is 17.4. The van der Waals surface area contributed by atoms with Crippen LogP contribution in [0.4, 0.5) is 0 Å². The Bertz CT molecular complexity index is 1410. The molecule has 1 N–H and O–H groups in total. The molecule has 0 bridgehead atoms. The lowest BCUT2D eigenvalue weighted by Crippen LogP contribution is -1.93. The summed E-state index contributed by atoms with van der Waals surface area (Å²) in [7, 11) is 0. The molecule has 0 aliphatic rings. The minimum absolute atomic E-state index is 0.309.